The third-order valence-electron chi connectivity index (χ3n) is 2.74. The predicted molar refractivity (Wildman–Crippen MR) is 64.3 cm³/mol. The molecule has 0 saturated heterocycles. The van der Waals surface area contributed by atoms with Crippen molar-refractivity contribution in [1.82, 2.24) is 10.6 Å². The first kappa shape index (κ1) is 13.5. The molecule has 1 fully saturated rings. The van der Waals surface area contributed by atoms with E-state index < -0.39 is 0 Å². The number of hydrogen-bond donors (Lipinski definition) is 2. The minimum Gasteiger partial charge on any atom is -0.373 e. The molecule has 1 rings (SSSR count). The van der Waals surface area contributed by atoms with Gasteiger partial charge < -0.3 is 15.4 Å². The first-order valence-electron chi connectivity index (χ1n) is 5.97. The molecule has 4 heteroatoms. The second-order valence-corrected chi connectivity index (χ2v) is 5.52. The third-order valence-corrected chi connectivity index (χ3v) is 2.74. The van der Waals surface area contributed by atoms with E-state index in [-0.39, 0.29) is 17.6 Å². The lowest BCUT2D eigenvalue weighted by Gasteiger charge is -2.40. The minimum absolute atomic E-state index is 0.0418. The Hall–Kier alpha value is -0.610. The summed E-state index contributed by atoms with van der Waals surface area (Å²) in [5.74, 6) is 0.0418. The zero-order chi connectivity index (χ0) is 12.3. The van der Waals surface area contributed by atoms with Crippen molar-refractivity contribution in [3.8, 4) is 0 Å². The number of hydrogen-bond acceptors (Lipinski definition) is 3. The average Bonchev–Trinajstić information content (AvgIpc) is 2.10. The average molecular weight is 228 g/mol. The Labute approximate surface area is 98.1 Å². The van der Waals surface area contributed by atoms with Crippen LogP contribution < -0.4 is 10.6 Å². The van der Waals surface area contributed by atoms with Gasteiger partial charge in [0.1, 0.15) is 0 Å². The highest BCUT2D eigenvalue weighted by Crippen LogP contribution is 2.27. The molecule has 1 aliphatic rings. The van der Waals surface area contributed by atoms with E-state index in [9.17, 15) is 4.79 Å². The van der Waals surface area contributed by atoms with Gasteiger partial charge in [0.05, 0.1) is 17.7 Å². The number of nitrogens with one attached hydrogen (secondary N) is 2. The maximum atomic E-state index is 11.3. The highest BCUT2D eigenvalue weighted by Gasteiger charge is 2.34. The summed E-state index contributed by atoms with van der Waals surface area (Å²) in [6.07, 6.45) is 2.34. The van der Waals surface area contributed by atoms with E-state index in [0.717, 1.165) is 12.8 Å². The van der Waals surface area contributed by atoms with Gasteiger partial charge in [-0.05, 0) is 40.5 Å². The molecule has 1 aliphatic carbocycles. The largest absolute Gasteiger partial charge is 0.373 e. The van der Waals surface area contributed by atoms with Crippen molar-refractivity contribution in [3.05, 3.63) is 0 Å². The molecular formula is C12H24N2O2. The van der Waals surface area contributed by atoms with Crippen molar-refractivity contribution >= 4 is 5.91 Å². The topological polar surface area (TPSA) is 50.4 Å². The number of amides is 1. The number of carbonyl (C=O) groups excluding carboxylic acids is 1. The van der Waals surface area contributed by atoms with Crippen molar-refractivity contribution in [2.75, 3.05) is 7.05 Å². The van der Waals surface area contributed by atoms with Crippen LogP contribution in [-0.2, 0) is 9.53 Å². The monoisotopic (exact) mass is 228 g/mol. The van der Waals surface area contributed by atoms with Crippen LogP contribution in [0.25, 0.3) is 0 Å². The van der Waals surface area contributed by atoms with Gasteiger partial charge in [0, 0.05) is 13.1 Å². The Bertz CT molecular complexity index is 242. The summed E-state index contributed by atoms with van der Waals surface area (Å²) in [5, 5.41) is 5.93. The van der Waals surface area contributed by atoms with Crippen LogP contribution in [0.3, 0.4) is 0 Å². The lowest BCUT2D eigenvalue weighted by atomic mass is 9.88. The second-order valence-electron chi connectivity index (χ2n) is 5.52. The van der Waals surface area contributed by atoms with Crippen LogP contribution in [-0.4, -0.2) is 36.7 Å². The molecule has 4 nitrogen and oxygen atoms in total. The maximum absolute atomic E-state index is 11.3. The lowest BCUT2D eigenvalue weighted by Crippen LogP contribution is -2.53. The van der Waals surface area contributed by atoms with Gasteiger partial charge in [-0.2, -0.15) is 0 Å². The third kappa shape index (κ3) is 4.10. The Balaban J connectivity index is 2.19. The summed E-state index contributed by atoms with van der Waals surface area (Å²) in [4.78, 5) is 11.3. The zero-order valence-electron chi connectivity index (χ0n) is 11.0. The Kier molecular flexibility index (Phi) is 4.33. The van der Waals surface area contributed by atoms with Crippen molar-refractivity contribution in [2.45, 2.75) is 64.3 Å². The summed E-state index contributed by atoms with van der Waals surface area (Å²) in [7, 11) is 1.66. The fourth-order valence-corrected chi connectivity index (χ4v) is 1.94. The van der Waals surface area contributed by atoms with Crippen LogP contribution in [0.15, 0.2) is 0 Å². The molecule has 0 aromatic carbocycles. The van der Waals surface area contributed by atoms with Gasteiger partial charge in [0.25, 0.3) is 0 Å². The zero-order valence-corrected chi connectivity index (χ0v) is 11.0. The van der Waals surface area contributed by atoms with E-state index in [0.29, 0.717) is 12.1 Å². The summed E-state index contributed by atoms with van der Waals surface area (Å²) in [6, 6.07) is 0.297. The molecule has 0 aliphatic heterocycles. The standard InChI is InChI=1S/C12H24N2O2/c1-8(11(15)13-5)14-9-6-10(7-9)16-12(2,3)4/h8-10,14H,6-7H2,1-5H3,(H,13,15)/t8-,9?,10?/m1/s1. The molecule has 2 N–H and O–H groups in total. The van der Waals surface area contributed by atoms with E-state index in [1.165, 1.54) is 0 Å². The molecule has 94 valence electrons. The fourth-order valence-electron chi connectivity index (χ4n) is 1.94. The van der Waals surface area contributed by atoms with E-state index in [1.54, 1.807) is 7.05 Å². The number of likely N-dealkylation sites (N-methyl/N-ethyl adjacent to an activating group) is 1. The maximum Gasteiger partial charge on any atom is 0.236 e. The highest BCUT2D eigenvalue weighted by atomic mass is 16.5. The summed E-state index contributed by atoms with van der Waals surface area (Å²) < 4.78 is 5.83. The van der Waals surface area contributed by atoms with Gasteiger partial charge in [-0.1, -0.05) is 0 Å². The molecule has 1 amide bonds. The van der Waals surface area contributed by atoms with Crippen molar-refractivity contribution in [1.29, 1.82) is 0 Å². The Morgan fingerprint density at radius 2 is 1.94 bits per heavy atom. The SMILES string of the molecule is CNC(=O)[C@@H](C)NC1CC(OC(C)(C)C)C1. The van der Waals surface area contributed by atoms with E-state index >= 15 is 0 Å². The molecule has 0 heterocycles. The molecule has 1 atom stereocenters. The number of ether oxygens (including phenoxy) is 1. The molecule has 0 unspecified atom stereocenters. The van der Waals surface area contributed by atoms with Crippen LogP contribution in [0.5, 0.6) is 0 Å². The van der Waals surface area contributed by atoms with Crippen molar-refractivity contribution in [3.63, 3.8) is 0 Å². The number of carbonyl (C=O) groups is 1. The summed E-state index contributed by atoms with van der Waals surface area (Å²) in [5.41, 5.74) is -0.0674. The van der Waals surface area contributed by atoms with Crippen LogP contribution in [0.2, 0.25) is 0 Å². The van der Waals surface area contributed by atoms with Gasteiger partial charge in [-0.3, -0.25) is 4.79 Å². The van der Waals surface area contributed by atoms with Crippen LogP contribution in [0.1, 0.15) is 40.5 Å². The van der Waals surface area contributed by atoms with Crippen LogP contribution in [0, 0.1) is 0 Å². The smallest absolute Gasteiger partial charge is 0.236 e. The lowest BCUT2D eigenvalue weighted by molar-refractivity contribution is -0.125. The molecular weight excluding hydrogens is 204 g/mol. The van der Waals surface area contributed by atoms with E-state index in [2.05, 4.69) is 31.4 Å². The van der Waals surface area contributed by atoms with Gasteiger partial charge in [-0.15, -0.1) is 0 Å². The molecule has 0 spiro atoms. The molecule has 16 heavy (non-hydrogen) atoms. The Morgan fingerprint density at radius 3 is 2.38 bits per heavy atom. The summed E-state index contributed by atoms with van der Waals surface area (Å²) >= 11 is 0. The predicted octanol–water partition coefficient (Wildman–Crippen LogP) is 1.06. The van der Waals surface area contributed by atoms with Crippen molar-refractivity contribution in [2.24, 2.45) is 0 Å². The molecule has 0 aromatic heterocycles. The first-order chi connectivity index (χ1) is 7.31. The van der Waals surface area contributed by atoms with Crippen molar-refractivity contribution < 1.29 is 9.53 Å². The second kappa shape index (κ2) is 5.15. The summed E-state index contributed by atoms with van der Waals surface area (Å²) in [6.45, 7) is 8.10. The van der Waals surface area contributed by atoms with E-state index in [1.807, 2.05) is 6.92 Å². The fraction of sp³-hybridized carbons (Fsp3) is 0.917. The van der Waals surface area contributed by atoms with Gasteiger partial charge in [0.2, 0.25) is 5.91 Å². The van der Waals surface area contributed by atoms with Gasteiger partial charge >= 0.3 is 0 Å². The van der Waals surface area contributed by atoms with E-state index in [4.69, 9.17) is 4.74 Å². The molecule has 0 bridgehead atoms. The highest BCUT2D eigenvalue weighted by molar-refractivity contribution is 5.80. The molecule has 0 aromatic rings. The van der Waals surface area contributed by atoms with Crippen LogP contribution in [0.4, 0.5) is 0 Å². The quantitative estimate of drug-likeness (QED) is 0.756. The normalized spacial score (nSPS) is 27.1. The minimum atomic E-state index is -0.120. The number of rotatable bonds is 4. The Morgan fingerprint density at radius 1 is 1.38 bits per heavy atom. The van der Waals surface area contributed by atoms with Gasteiger partial charge in [0.15, 0.2) is 0 Å². The van der Waals surface area contributed by atoms with Crippen LogP contribution >= 0.6 is 0 Å². The van der Waals surface area contributed by atoms with Gasteiger partial charge in [-0.25, -0.2) is 0 Å². The molecule has 1 saturated carbocycles. The molecule has 0 radical (unpaired) electrons. The first-order valence-corrected chi connectivity index (χ1v) is 5.97.